The normalized spacial score (nSPS) is 19.6. The van der Waals surface area contributed by atoms with Crippen LogP contribution in [0.1, 0.15) is 6.42 Å². The minimum atomic E-state index is -2.76. The average molecular weight is 237 g/mol. The topological polar surface area (TPSA) is 16.1 Å². The third kappa shape index (κ3) is 2.17. The van der Waals surface area contributed by atoms with Gasteiger partial charge in [-0.25, -0.2) is 18.2 Å². The first-order valence-electron chi connectivity index (χ1n) is 4.42. The molecule has 2 nitrogen and oxygen atoms in total. The van der Waals surface area contributed by atoms with Crippen molar-refractivity contribution in [1.82, 2.24) is 4.98 Å². The van der Waals surface area contributed by atoms with Crippen LogP contribution in [0.25, 0.3) is 0 Å². The maximum Gasteiger partial charge on any atom is 0.266 e. The van der Waals surface area contributed by atoms with Crippen molar-refractivity contribution < 1.29 is 13.2 Å². The first kappa shape index (κ1) is 10.5. The lowest BCUT2D eigenvalue weighted by Crippen LogP contribution is -2.26. The van der Waals surface area contributed by atoms with E-state index in [1.165, 1.54) is 11.1 Å². The molecule has 0 aromatic carbocycles. The summed E-state index contributed by atoms with van der Waals surface area (Å²) >= 11 is 5.51. The molecule has 0 saturated carbocycles. The van der Waals surface area contributed by atoms with E-state index in [1.54, 1.807) is 0 Å². The molecule has 15 heavy (non-hydrogen) atoms. The molecule has 2 rings (SSSR count). The Hall–Kier alpha value is -0.970. The number of nitrogens with zero attached hydrogens (tertiary/aromatic N) is 2. The van der Waals surface area contributed by atoms with Crippen molar-refractivity contribution in [2.75, 3.05) is 18.0 Å². The maximum absolute atomic E-state index is 13.3. The number of alkyl halides is 2. The molecule has 0 N–H and O–H groups in total. The maximum atomic E-state index is 13.3. The Morgan fingerprint density at radius 3 is 2.73 bits per heavy atom. The van der Waals surface area contributed by atoms with E-state index in [1.807, 2.05) is 0 Å². The van der Waals surface area contributed by atoms with Crippen LogP contribution in [0, 0.1) is 5.82 Å². The molecule has 6 heteroatoms. The van der Waals surface area contributed by atoms with Crippen LogP contribution in [0.4, 0.5) is 19.0 Å². The number of aromatic nitrogens is 1. The Kier molecular flexibility index (Phi) is 2.50. The van der Waals surface area contributed by atoms with Gasteiger partial charge in [0, 0.05) is 19.2 Å². The van der Waals surface area contributed by atoms with E-state index in [0.717, 1.165) is 6.07 Å². The predicted octanol–water partition coefficient (Wildman–Crippen LogP) is 2.72. The Morgan fingerprint density at radius 2 is 2.20 bits per heavy atom. The minimum Gasteiger partial charge on any atom is -0.348 e. The van der Waals surface area contributed by atoms with Gasteiger partial charge in [0.25, 0.3) is 5.92 Å². The fourth-order valence-corrected chi connectivity index (χ4v) is 1.70. The van der Waals surface area contributed by atoms with Gasteiger partial charge in [-0.1, -0.05) is 11.6 Å². The summed E-state index contributed by atoms with van der Waals surface area (Å²) in [6.07, 6.45) is 0.979. The molecule has 0 radical (unpaired) electrons. The molecule has 1 saturated heterocycles. The number of rotatable bonds is 1. The van der Waals surface area contributed by atoms with Crippen LogP contribution in [-0.4, -0.2) is 24.0 Å². The van der Waals surface area contributed by atoms with Crippen molar-refractivity contribution in [1.29, 1.82) is 0 Å². The molecule has 0 unspecified atom stereocenters. The highest BCUT2D eigenvalue weighted by Gasteiger charge is 2.39. The highest BCUT2D eigenvalue weighted by Crippen LogP contribution is 2.31. The lowest BCUT2D eigenvalue weighted by molar-refractivity contribution is 0.0256. The molecular formula is C9H8ClF3N2. The van der Waals surface area contributed by atoms with Crippen LogP contribution in [0.2, 0.25) is 5.02 Å². The Bertz CT molecular complexity index is 384. The zero-order valence-corrected chi connectivity index (χ0v) is 8.44. The summed E-state index contributed by atoms with van der Waals surface area (Å²) in [7, 11) is 0. The second-order valence-electron chi connectivity index (χ2n) is 3.49. The molecule has 0 amide bonds. The quantitative estimate of drug-likeness (QED) is 0.745. The van der Waals surface area contributed by atoms with Crippen LogP contribution in [0.3, 0.4) is 0 Å². The van der Waals surface area contributed by atoms with E-state index < -0.39 is 18.3 Å². The van der Waals surface area contributed by atoms with E-state index in [4.69, 9.17) is 11.6 Å². The van der Waals surface area contributed by atoms with Crippen molar-refractivity contribution in [3.8, 4) is 0 Å². The molecule has 82 valence electrons. The van der Waals surface area contributed by atoms with Gasteiger partial charge in [0.15, 0.2) is 11.6 Å². The lowest BCUT2D eigenvalue weighted by Gasteiger charge is -2.17. The number of hydrogen-bond donors (Lipinski definition) is 0. The minimum absolute atomic E-state index is 0.0587. The molecule has 0 spiro atoms. The monoisotopic (exact) mass is 236 g/mol. The zero-order valence-electron chi connectivity index (χ0n) is 7.68. The molecule has 1 aliphatic rings. The van der Waals surface area contributed by atoms with Gasteiger partial charge in [-0.3, -0.25) is 0 Å². The largest absolute Gasteiger partial charge is 0.348 e. The Balaban J connectivity index is 2.24. The fourth-order valence-electron chi connectivity index (χ4n) is 1.56. The molecule has 1 fully saturated rings. The van der Waals surface area contributed by atoms with Gasteiger partial charge in [-0.05, 0) is 6.07 Å². The van der Waals surface area contributed by atoms with Crippen LogP contribution < -0.4 is 4.90 Å². The molecule has 0 aliphatic carbocycles. The van der Waals surface area contributed by atoms with Crippen LogP contribution >= 0.6 is 11.6 Å². The van der Waals surface area contributed by atoms with Crippen molar-refractivity contribution in [2.24, 2.45) is 0 Å². The molecule has 0 atom stereocenters. The van der Waals surface area contributed by atoms with Gasteiger partial charge in [0.1, 0.15) is 0 Å². The fraction of sp³-hybridized carbons (Fsp3) is 0.444. The van der Waals surface area contributed by atoms with Crippen molar-refractivity contribution in [3.05, 3.63) is 23.1 Å². The number of halogens is 4. The van der Waals surface area contributed by atoms with Crippen LogP contribution in [-0.2, 0) is 0 Å². The molecule has 1 aromatic heterocycles. The third-order valence-corrected chi connectivity index (χ3v) is 2.46. The van der Waals surface area contributed by atoms with Gasteiger partial charge in [-0.2, -0.15) is 0 Å². The van der Waals surface area contributed by atoms with E-state index in [9.17, 15) is 13.2 Å². The number of pyridine rings is 1. The molecule has 1 aliphatic heterocycles. The smallest absolute Gasteiger partial charge is 0.266 e. The number of hydrogen-bond acceptors (Lipinski definition) is 2. The Labute approximate surface area is 89.7 Å². The van der Waals surface area contributed by atoms with Crippen LogP contribution in [0.15, 0.2) is 12.3 Å². The number of anilines is 1. The summed E-state index contributed by atoms with van der Waals surface area (Å²) in [6.45, 7) is -0.378. The van der Waals surface area contributed by atoms with E-state index in [2.05, 4.69) is 4.98 Å². The molecule has 1 aromatic rings. The zero-order chi connectivity index (χ0) is 11.1. The highest BCUT2D eigenvalue weighted by atomic mass is 35.5. The van der Waals surface area contributed by atoms with E-state index >= 15 is 0 Å². The summed E-state index contributed by atoms with van der Waals surface area (Å²) < 4.78 is 39.1. The van der Waals surface area contributed by atoms with Crippen molar-refractivity contribution >= 4 is 17.4 Å². The summed E-state index contributed by atoms with van der Waals surface area (Å²) in [5.74, 6) is -3.48. The van der Waals surface area contributed by atoms with E-state index in [0.29, 0.717) is 0 Å². The first-order chi connectivity index (χ1) is 6.98. The van der Waals surface area contributed by atoms with Crippen molar-refractivity contribution in [3.63, 3.8) is 0 Å². The standard InChI is InChI=1S/C9H8ClF3N2/c10-6-3-7(11)8(14-4-6)15-2-1-9(12,13)5-15/h3-4H,1-2,5H2. The van der Waals surface area contributed by atoms with E-state index in [-0.39, 0.29) is 23.8 Å². The summed E-state index contributed by atoms with van der Waals surface area (Å²) in [5.41, 5.74) is 0. The van der Waals surface area contributed by atoms with Gasteiger partial charge in [0.05, 0.1) is 11.6 Å². The lowest BCUT2D eigenvalue weighted by atomic mass is 10.3. The predicted molar refractivity (Wildman–Crippen MR) is 51.0 cm³/mol. The van der Waals surface area contributed by atoms with Crippen molar-refractivity contribution in [2.45, 2.75) is 12.3 Å². The SMILES string of the molecule is Fc1cc(Cl)cnc1N1CCC(F)(F)C1. The second kappa shape index (κ2) is 3.56. The molecule has 2 heterocycles. The van der Waals surface area contributed by atoms with Gasteiger partial charge < -0.3 is 4.90 Å². The summed E-state index contributed by atoms with van der Waals surface area (Å²) in [6, 6.07) is 1.07. The summed E-state index contributed by atoms with van der Waals surface area (Å²) in [4.78, 5) is 4.94. The molecule has 0 bridgehead atoms. The van der Waals surface area contributed by atoms with Gasteiger partial charge in [-0.15, -0.1) is 0 Å². The average Bonchev–Trinajstić information content (AvgIpc) is 2.46. The van der Waals surface area contributed by atoms with Crippen LogP contribution in [0.5, 0.6) is 0 Å². The first-order valence-corrected chi connectivity index (χ1v) is 4.79. The second-order valence-corrected chi connectivity index (χ2v) is 3.92. The van der Waals surface area contributed by atoms with Gasteiger partial charge >= 0.3 is 0 Å². The summed E-state index contributed by atoms with van der Waals surface area (Å²) in [5, 5.41) is 0.155. The third-order valence-electron chi connectivity index (χ3n) is 2.26. The molecular weight excluding hydrogens is 229 g/mol. The highest BCUT2D eigenvalue weighted by molar-refractivity contribution is 6.30. The van der Waals surface area contributed by atoms with Gasteiger partial charge in [0.2, 0.25) is 0 Å². The Morgan fingerprint density at radius 1 is 1.47 bits per heavy atom.